The van der Waals surface area contributed by atoms with E-state index in [1.807, 2.05) is 18.3 Å². The van der Waals surface area contributed by atoms with Crippen molar-refractivity contribution in [3.63, 3.8) is 0 Å². The molecule has 2 fully saturated rings. The minimum atomic E-state index is -0.0390. The Morgan fingerprint density at radius 3 is 2.93 bits per heavy atom. The number of H-pyrrole nitrogens is 1. The number of piperidine rings is 1. The van der Waals surface area contributed by atoms with Crippen molar-refractivity contribution in [3.05, 3.63) is 60.6 Å². The second-order valence-electron chi connectivity index (χ2n) is 7.70. The number of aromatic amines is 1. The fourth-order valence-corrected chi connectivity index (χ4v) is 4.57. The van der Waals surface area contributed by atoms with Gasteiger partial charge in [0.1, 0.15) is 0 Å². The Balaban J connectivity index is 1.09. The number of hydrogen-bond donors (Lipinski definition) is 2. The molecule has 0 bridgehead atoms. The van der Waals surface area contributed by atoms with Crippen LogP contribution in [0.5, 0.6) is 0 Å². The molecule has 2 unspecified atom stereocenters. The highest BCUT2D eigenvalue weighted by Gasteiger charge is 2.55. The van der Waals surface area contributed by atoms with Crippen LogP contribution in [-0.4, -0.2) is 40.7 Å². The fraction of sp³-hybridized carbons (Fsp3) is 0.318. The first-order valence-corrected chi connectivity index (χ1v) is 9.82. The summed E-state index contributed by atoms with van der Waals surface area (Å²) in [7, 11) is 0. The van der Waals surface area contributed by atoms with Crippen molar-refractivity contribution in [1.29, 1.82) is 0 Å². The van der Waals surface area contributed by atoms with E-state index in [-0.39, 0.29) is 5.91 Å². The number of nitrogens with one attached hydrogen (secondary N) is 2. The zero-order valence-corrected chi connectivity index (χ0v) is 15.6. The van der Waals surface area contributed by atoms with Crippen LogP contribution in [0.2, 0.25) is 0 Å². The van der Waals surface area contributed by atoms with E-state index in [9.17, 15) is 4.79 Å². The van der Waals surface area contributed by atoms with E-state index in [0.29, 0.717) is 0 Å². The van der Waals surface area contributed by atoms with Crippen LogP contribution < -0.4 is 10.2 Å². The van der Waals surface area contributed by atoms with Gasteiger partial charge in [0.05, 0.1) is 11.7 Å². The van der Waals surface area contributed by atoms with Crippen molar-refractivity contribution in [3.8, 4) is 0 Å². The van der Waals surface area contributed by atoms with Gasteiger partial charge in [-0.1, -0.05) is 12.1 Å². The van der Waals surface area contributed by atoms with Gasteiger partial charge < -0.3 is 10.2 Å². The number of benzene rings is 1. The normalized spacial score (nSPS) is 23.3. The number of pyridine rings is 1. The molecular weight excluding hydrogens is 350 g/mol. The number of aromatic nitrogens is 3. The van der Waals surface area contributed by atoms with Gasteiger partial charge in [-0.3, -0.25) is 14.9 Å². The molecule has 142 valence electrons. The number of anilines is 1. The van der Waals surface area contributed by atoms with E-state index >= 15 is 0 Å². The molecule has 2 atom stereocenters. The Hall–Kier alpha value is -3.15. The molecule has 2 aliphatic rings. The number of hydrogen-bond acceptors (Lipinski definition) is 4. The smallest absolute Gasteiger partial charge is 0.244 e. The molecular formula is C22H23N5O. The summed E-state index contributed by atoms with van der Waals surface area (Å²) >= 11 is 0. The molecule has 1 saturated carbocycles. The first-order chi connectivity index (χ1) is 13.8. The van der Waals surface area contributed by atoms with Gasteiger partial charge >= 0.3 is 0 Å². The average molecular weight is 373 g/mol. The van der Waals surface area contributed by atoms with Crippen LogP contribution in [0.3, 0.4) is 0 Å². The number of amides is 1. The molecule has 5 rings (SSSR count). The predicted octanol–water partition coefficient (Wildman–Crippen LogP) is 2.86. The second kappa shape index (κ2) is 7.11. The van der Waals surface area contributed by atoms with Crippen LogP contribution in [0.25, 0.3) is 17.0 Å². The number of nitrogens with zero attached hydrogens (tertiary/aromatic N) is 3. The summed E-state index contributed by atoms with van der Waals surface area (Å²) < 4.78 is 0. The van der Waals surface area contributed by atoms with Crippen molar-refractivity contribution in [2.75, 3.05) is 24.5 Å². The quantitative estimate of drug-likeness (QED) is 0.652. The van der Waals surface area contributed by atoms with E-state index < -0.39 is 0 Å². The summed E-state index contributed by atoms with van der Waals surface area (Å²) in [6.07, 6.45) is 9.82. The summed E-state index contributed by atoms with van der Waals surface area (Å²) in [6.45, 7) is 2.95. The largest absolute Gasteiger partial charge is 0.370 e. The van der Waals surface area contributed by atoms with Crippen LogP contribution in [0.15, 0.2) is 55.0 Å². The molecule has 2 N–H and O–H groups in total. The maximum atomic E-state index is 12.0. The summed E-state index contributed by atoms with van der Waals surface area (Å²) in [5.74, 6) is 2.21. The van der Waals surface area contributed by atoms with Crippen LogP contribution >= 0.6 is 0 Å². The molecule has 0 radical (unpaired) electrons. The van der Waals surface area contributed by atoms with Gasteiger partial charge in [0, 0.05) is 49.2 Å². The van der Waals surface area contributed by atoms with Crippen molar-refractivity contribution in [1.82, 2.24) is 20.5 Å². The lowest BCUT2D eigenvalue weighted by Crippen LogP contribution is -2.26. The van der Waals surface area contributed by atoms with Gasteiger partial charge in [-0.25, -0.2) is 0 Å². The molecule has 6 heteroatoms. The Kier molecular flexibility index (Phi) is 4.31. The third kappa shape index (κ3) is 3.26. The van der Waals surface area contributed by atoms with Gasteiger partial charge in [0.2, 0.25) is 5.91 Å². The van der Waals surface area contributed by atoms with E-state index in [1.54, 1.807) is 24.5 Å². The molecule has 3 heterocycles. The van der Waals surface area contributed by atoms with Crippen molar-refractivity contribution < 1.29 is 4.79 Å². The van der Waals surface area contributed by atoms with Crippen LogP contribution in [-0.2, 0) is 4.79 Å². The second-order valence-corrected chi connectivity index (χ2v) is 7.70. The highest BCUT2D eigenvalue weighted by atomic mass is 16.1. The molecule has 28 heavy (non-hydrogen) atoms. The van der Waals surface area contributed by atoms with Crippen LogP contribution in [0, 0.1) is 17.8 Å². The van der Waals surface area contributed by atoms with E-state index in [2.05, 4.69) is 43.6 Å². The van der Waals surface area contributed by atoms with E-state index in [1.165, 1.54) is 11.1 Å². The Morgan fingerprint density at radius 2 is 2.11 bits per heavy atom. The summed E-state index contributed by atoms with van der Waals surface area (Å²) in [5.41, 5.74) is 3.31. The zero-order valence-electron chi connectivity index (χ0n) is 15.6. The molecule has 1 aliphatic carbocycles. The lowest BCUT2D eigenvalue weighted by atomic mass is 10.1. The van der Waals surface area contributed by atoms with E-state index in [0.717, 1.165) is 54.9 Å². The summed E-state index contributed by atoms with van der Waals surface area (Å²) in [5, 5.41) is 11.4. The molecule has 1 aliphatic heterocycles. The molecule has 3 aromatic rings. The molecule has 1 aromatic carbocycles. The Labute approximate surface area is 163 Å². The van der Waals surface area contributed by atoms with Gasteiger partial charge in [0.15, 0.2) is 0 Å². The van der Waals surface area contributed by atoms with Gasteiger partial charge in [0.25, 0.3) is 0 Å². The maximum absolute atomic E-state index is 12.0. The number of carbonyl (C=O) groups excluding carboxylic acids is 1. The number of rotatable bonds is 6. The third-order valence-electron chi connectivity index (χ3n) is 6.06. The molecule has 2 aromatic heterocycles. The molecule has 6 nitrogen and oxygen atoms in total. The van der Waals surface area contributed by atoms with Crippen molar-refractivity contribution >= 4 is 28.6 Å². The monoisotopic (exact) mass is 373 g/mol. The third-order valence-corrected chi connectivity index (χ3v) is 6.06. The SMILES string of the molecule is O=C(/C=C/c1cccnc1)NCCC1C2CN(c3cccc4[nH]ncc34)CC12. The molecule has 1 saturated heterocycles. The van der Waals surface area contributed by atoms with Gasteiger partial charge in [-0.2, -0.15) is 5.10 Å². The summed E-state index contributed by atoms with van der Waals surface area (Å²) in [4.78, 5) is 18.5. The lowest BCUT2D eigenvalue weighted by Gasteiger charge is -2.22. The maximum Gasteiger partial charge on any atom is 0.244 e. The first-order valence-electron chi connectivity index (χ1n) is 9.82. The molecule has 0 spiro atoms. The van der Waals surface area contributed by atoms with E-state index in [4.69, 9.17) is 0 Å². The highest BCUT2D eigenvalue weighted by molar-refractivity contribution is 5.92. The van der Waals surface area contributed by atoms with Gasteiger partial charge in [-0.05, 0) is 54.0 Å². The van der Waals surface area contributed by atoms with Crippen molar-refractivity contribution in [2.24, 2.45) is 17.8 Å². The molecule has 1 amide bonds. The summed E-state index contributed by atoms with van der Waals surface area (Å²) in [6, 6.07) is 10.1. The average Bonchev–Trinajstić information content (AvgIpc) is 3.11. The number of carbonyl (C=O) groups is 1. The minimum Gasteiger partial charge on any atom is -0.370 e. The van der Waals surface area contributed by atoms with Crippen molar-refractivity contribution in [2.45, 2.75) is 6.42 Å². The minimum absolute atomic E-state index is 0.0390. The highest BCUT2D eigenvalue weighted by Crippen LogP contribution is 2.54. The Bertz CT molecular complexity index is 1000. The standard InChI is InChI=1S/C22H23N5O/c28-22(7-6-15-3-2-9-23-11-15)24-10-8-16-18-13-27(14-19(16)18)21-5-1-4-20-17(21)12-25-26-20/h1-7,9,11-12,16,18-19H,8,10,13-14H2,(H,24,28)(H,25,26)/b7-6+. The van der Waals surface area contributed by atoms with Crippen LogP contribution in [0.1, 0.15) is 12.0 Å². The first kappa shape index (κ1) is 17.0. The van der Waals surface area contributed by atoms with Gasteiger partial charge in [-0.15, -0.1) is 0 Å². The predicted molar refractivity (Wildman–Crippen MR) is 110 cm³/mol. The fourth-order valence-electron chi connectivity index (χ4n) is 4.57. The zero-order chi connectivity index (χ0) is 18.9. The number of fused-ring (bicyclic) bond motifs is 2. The Morgan fingerprint density at radius 1 is 1.21 bits per heavy atom. The topological polar surface area (TPSA) is 73.9 Å². The van der Waals surface area contributed by atoms with Crippen LogP contribution in [0.4, 0.5) is 5.69 Å². The lowest BCUT2D eigenvalue weighted by molar-refractivity contribution is -0.116.